The van der Waals surface area contributed by atoms with Gasteiger partial charge in [0.2, 0.25) is 0 Å². The van der Waals surface area contributed by atoms with Crippen molar-refractivity contribution in [2.24, 2.45) is 0 Å². The van der Waals surface area contributed by atoms with Gasteiger partial charge in [-0.15, -0.1) is 0 Å². The highest BCUT2D eigenvalue weighted by molar-refractivity contribution is 7.98. The molecule has 0 fully saturated rings. The van der Waals surface area contributed by atoms with Gasteiger partial charge < -0.3 is 0 Å². The van der Waals surface area contributed by atoms with E-state index >= 15 is 0 Å². The molecule has 0 saturated carbocycles. The van der Waals surface area contributed by atoms with E-state index in [9.17, 15) is 9.59 Å². The molecule has 0 saturated heterocycles. The Hall–Kier alpha value is -1.48. The molecule has 0 radical (unpaired) electrons. The van der Waals surface area contributed by atoms with Crippen LogP contribution in [0.25, 0.3) is 0 Å². The molecule has 0 bridgehead atoms. The van der Waals surface area contributed by atoms with Gasteiger partial charge in [-0.3, -0.25) is 14.3 Å². The second-order valence-corrected chi connectivity index (χ2v) is 5.00. The van der Waals surface area contributed by atoms with E-state index in [-0.39, 0.29) is 5.56 Å². The summed E-state index contributed by atoms with van der Waals surface area (Å²) in [5.74, 6) is 1.16. The predicted octanol–water partition coefficient (Wildman–Crippen LogP) is 1.33. The first-order chi connectivity index (χ1) is 8.69. The number of hydrogen-bond acceptors (Lipinski definition) is 4. The third-order valence-electron chi connectivity index (χ3n) is 2.63. The number of nitrogens with zero attached hydrogens (tertiary/aromatic N) is 2. The molecule has 1 N–H and O–H groups in total. The highest BCUT2D eigenvalue weighted by Gasteiger charge is 2.03. The number of H-pyrrole nitrogens is 1. The van der Waals surface area contributed by atoms with Gasteiger partial charge in [0, 0.05) is 12.7 Å². The zero-order valence-electron chi connectivity index (χ0n) is 10.4. The highest BCUT2D eigenvalue weighted by Crippen LogP contribution is 2.05. The molecule has 6 heteroatoms. The van der Waals surface area contributed by atoms with Crippen LogP contribution in [0.3, 0.4) is 0 Å². The molecule has 0 spiro atoms. The smallest absolute Gasteiger partial charge is 0.299 e. The molecule has 0 aliphatic heterocycles. The van der Waals surface area contributed by atoms with Gasteiger partial charge in [0.1, 0.15) is 11.6 Å². The van der Waals surface area contributed by atoms with Crippen molar-refractivity contribution < 1.29 is 0 Å². The van der Waals surface area contributed by atoms with Crippen molar-refractivity contribution in [1.82, 2.24) is 9.55 Å². The molecular weight excluding hydrogens is 250 g/mol. The number of aromatic nitrogens is 2. The van der Waals surface area contributed by atoms with Crippen LogP contribution in [-0.2, 0) is 6.54 Å². The number of hydrogen-bond donors (Lipinski definition) is 1. The Kier molecular flexibility index (Phi) is 6.29. The van der Waals surface area contributed by atoms with Crippen LogP contribution < -0.4 is 11.2 Å². The minimum absolute atomic E-state index is 0.0167. The Morgan fingerprint density at radius 3 is 2.72 bits per heavy atom. The third kappa shape index (κ3) is 4.41. The molecule has 0 unspecified atom stereocenters. The molecular formula is C12H17N3O2S. The summed E-state index contributed by atoms with van der Waals surface area (Å²) in [6.07, 6.45) is 7.68. The van der Waals surface area contributed by atoms with Crippen molar-refractivity contribution in [3.8, 4) is 6.07 Å². The summed E-state index contributed by atoms with van der Waals surface area (Å²) >= 11 is 1.83. The van der Waals surface area contributed by atoms with Crippen LogP contribution in [0.1, 0.15) is 31.2 Å². The van der Waals surface area contributed by atoms with Gasteiger partial charge in [0.15, 0.2) is 0 Å². The van der Waals surface area contributed by atoms with Crippen molar-refractivity contribution in [3.63, 3.8) is 0 Å². The number of nitrogens with one attached hydrogen (secondary N) is 1. The van der Waals surface area contributed by atoms with Crippen LogP contribution in [0.4, 0.5) is 0 Å². The van der Waals surface area contributed by atoms with Gasteiger partial charge in [-0.2, -0.15) is 17.0 Å². The fraction of sp³-hybridized carbons (Fsp3) is 0.583. The number of unbranched alkanes of at least 4 members (excludes halogenated alkanes) is 3. The van der Waals surface area contributed by atoms with Crippen LogP contribution in [0.15, 0.2) is 15.8 Å². The number of thioether (sulfide) groups is 1. The lowest BCUT2D eigenvalue weighted by Crippen LogP contribution is -2.31. The summed E-state index contributed by atoms with van der Waals surface area (Å²) in [4.78, 5) is 24.8. The second kappa shape index (κ2) is 7.77. The zero-order valence-corrected chi connectivity index (χ0v) is 11.3. The molecule has 1 heterocycles. The van der Waals surface area contributed by atoms with Crippen LogP contribution in [0.5, 0.6) is 0 Å². The van der Waals surface area contributed by atoms with Gasteiger partial charge in [-0.25, -0.2) is 4.79 Å². The largest absolute Gasteiger partial charge is 0.328 e. The number of rotatable bonds is 7. The van der Waals surface area contributed by atoms with Gasteiger partial charge in [0.05, 0.1) is 0 Å². The normalized spacial score (nSPS) is 10.2. The number of nitriles is 1. The molecule has 18 heavy (non-hydrogen) atoms. The van der Waals surface area contributed by atoms with Gasteiger partial charge in [-0.05, 0) is 24.9 Å². The SMILES string of the molecule is CSCCCCCCn1cc(C#N)c(=O)[nH]c1=O. The molecule has 98 valence electrons. The fourth-order valence-electron chi connectivity index (χ4n) is 1.64. The maximum Gasteiger partial charge on any atom is 0.328 e. The van der Waals surface area contributed by atoms with Crippen molar-refractivity contribution >= 4 is 11.8 Å². The first kappa shape index (κ1) is 14.6. The Bertz CT molecular complexity index is 527. The molecule has 1 rings (SSSR count). The van der Waals surface area contributed by atoms with Crippen molar-refractivity contribution in [1.29, 1.82) is 5.26 Å². The summed E-state index contributed by atoms with van der Waals surface area (Å²) in [7, 11) is 0. The van der Waals surface area contributed by atoms with E-state index < -0.39 is 11.2 Å². The summed E-state index contributed by atoms with van der Waals surface area (Å²) in [6.45, 7) is 0.545. The highest BCUT2D eigenvalue weighted by atomic mass is 32.2. The Morgan fingerprint density at radius 2 is 2.06 bits per heavy atom. The Balaban J connectivity index is 2.50. The first-order valence-electron chi connectivity index (χ1n) is 5.92. The Labute approximate surface area is 110 Å². The zero-order chi connectivity index (χ0) is 13.4. The fourth-order valence-corrected chi connectivity index (χ4v) is 2.13. The summed E-state index contributed by atoms with van der Waals surface area (Å²) in [5, 5.41) is 8.71. The average Bonchev–Trinajstić information content (AvgIpc) is 2.36. The molecule has 0 aromatic carbocycles. The summed E-state index contributed by atoms with van der Waals surface area (Å²) in [6, 6.07) is 1.77. The van der Waals surface area contributed by atoms with Crippen LogP contribution in [-0.4, -0.2) is 21.6 Å². The molecule has 0 aliphatic rings. The minimum Gasteiger partial charge on any atom is -0.299 e. The van der Waals surface area contributed by atoms with E-state index in [1.807, 2.05) is 11.8 Å². The third-order valence-corrected chi connectivity index (χ3v) is 3.33. The first-order valence-corrected chi connectivity index (χ1v) is 7.31. The van der Waals surface area contributed by atoms with E-state index in [1.54, 1.807) is 6.07 Å². The molecule has 5 nitrogen and oxygen atoms in total. The van der Waals surface area contributed by atoms with Crippen molar-refractivity contribution in [3.05, 3.63) is 32.6 Å². The van der Waals surface area contributed by atoms with E-state index in [0.29, 0.717) is 6.54 Å². The van der Waals surface area contributed by atoms with Crippen LogP contribution in [0.2, 0.25) is 0 Å². The lowest BCUT2D eigenvalue weighted by atomic mass is 10.2. The minimum atomic E-state index is -0.612. The summed E-state index contributed by atoms with van der Waals surface area (Å²) < 4.78 is 1.40. The molecule has 0 aliphatic carbocycles. The second-order valence-electron chi connectivity index (χ2n) is 4.01. The van der Waals surface area contributed by atoms with E-state index in [2.05, 4.69) is 11.2 Å². The van der Waals surface area contributed by atoms with Crippen molar-refractivity contribution in [2.45, 2.75) is 32.2 Å². The van der Waals surface area contributed by atoms with E-state index in [4.69, 9.17) is 5.26 Å². The maximum absolute atomic E-state index is 11.5. The molecule has 1 aromatic heterocycles. The van der Waals surface area contributed by atoms with E-state index in [0.717, 1.165) is 25.0 Å². The van der Waals surface area contributed by atoms with Gasteiger partial charge >= 0.3 is 5.69 Å². The molecule has 1 aromatic rings. The topological polar surface area (TPSA) is 78.7 Å². The van der Waals surface area contributed by atoms with Crippen molar-refractivity contribution in [2.75, 3.05) is 12.0 Å². The van der Waals surface area contributed by atoms with E-state index in [1.165, 1.54) is 17.2 Å². The molecule has 0 amide bonds. The predicted molar refractivity (Wildman–Crippen MR) is 72.9 cm³/mol. The lowest BCUT2D eigenvalue weighted by molar-refractivity contribution is 0.560. The lowest BCUT2D eigenvalue weighted by Gasteiger charge is -2.04. The average molecular weight is 267 g/mol. The van der Waals surface area contributed by atoms with Gasteiger partial charge in [-0.1, -0.05) is 12.8 Å². The summed E-state index contributed by atoms with van der Waals surface area (Å²) in [5.41, 5.74) is -1.07. The van der Waals surface area contributed by atoms with Gasteiger partial charge in [0.25, 0.3) is 5.56 Å². The monoisotopic (exact) mass is 267 g/mol. The number of aryl methyl sites for hydroxylation is 1. The maximum atomic E-state index is 11.5. The molecule has 0 atom stereocenters. The standard InChI is InChI=1S/C12H17N3O2S/c1-18-7-5-3-2-4-6-15-9-10(8-13)11(16)14-12(15)17/h9H,2-7H2,1H3,(H,14,16,17). The van der Waals surface area contributed by atoms with Crippen LogP contribution >= 0.6 is 11.8 Å². The number of aromatic amines is 1. The van der Waals surface area contributed by atoms with Crippen LogP contribution in [0, 0.1) is 11.3 Å². The Morgan fingerprint density at radius 1 is 1.33 bits per heavy atom. The quantitative estimate of drug-likeness (QED) is 0.756.